The van der Waals surface area contributed by atoms with Gasteiger partial charge in [0, 0.05) is 10.7 Å². The van der Waals surface area contributed by atoms with Gasteiger partial charge in [0.25, 0.3) is 9.05 Å². The van der Waals surface area contributed by atoms with Gasteiger partial charge in [-0.3, -0.25) is 0 Å². The molecule has 0 saturated carbocycles. The van der Waals surface area contributed by atoms with Crippen LogP contribution in [0.4, 0.5) is 17.6 Å². The molecular formula is C8H2ClF4NO2S2. The lowest BCUT2D eigenvalue weighted by Gasteiger charge is -2.10. The number of nitriles is 1. The predicted molar refractivity (Wildman–Crippen MR) is 56.1 cm³/mol. The van der Waals surface area contributed by atoms with Crippen LogP contribution in [-0.4, -0.2) is 13.9 Å². The van der Waals surface area contributed by atoms with Crippen molar-refractivity contribution in [2.75, 3.05) is 0 Å². The number of nitrogens with zero attached hydrogens (tertiary/aromatic N) is 1. The number of hydrogen-bond donors (Lipinski definition) is 0. The van der Waals surface area contributed by atoms with Gasteiger partial charge >= 0.3 is 5.51 Å². The van der Waals surface area contributed by atoms with E-state index in [2.05, 4.69) is 0 Å². The van der Waals surface area contributed by atoms with E-state index < -0.39 is 47.5 Å². The molecule has 0 aromatic heterocycles. The molecule has 0 aliphatic carbocycles. The lowest BCUT2D eigenvalue weighted by atomic mass is 10.2. The van der Waals surface area contributed by atoms with Gasteiger partial charge in [0.15, 0.2) is 5.82 Å². The van der Waals surface area contributed by atoms with Crippen molar-refractivity contribution in [3.05, 3.63) is 23.5 Å². The highest BCUT2D eigenvalue weighted by molar-refractivity contribution is 8.13. The first-order chi connectivity index (χ1) is 8.06. The Bertz CT molecular complexity index is 621. The molecule has 0 N–H and O–H groups in total. The van der Waals surface area contributed by atoms with E-state index in [1.54, 1.807) is 0 Å². The molecular weight excluding hydrogens is 318 g/mol. The number of benzene rings is 1. The molecule has 0 aliphatic heterocycles. The fourth-order valence-corrected chi connectivity index (χ4v) is 2.65. The summed E-state index contributed by atoms with van der Waals surface area (Å²) >= 11 is -0.912. The average Bonchev–Trinajstić information content (AvgIpc) is 2.17. The normalized spacial score (nSPS) is 12.2. The van der Waals surface area contributed by atoms with Crippen LogP contribution in [0.15, 0.2) is 21.9 Å². The minimum Gasteiger partial charge on any atom is -0.207 e. The second-order valence-electron chi connectivity index (χ2n) is 2.85. The number of thioether (sulfide) groups is 1. The topological polar surface area (TPSA) is 57.9 Å². The quantitative estimate of drug-likeness (QED) is 0.477. The van der Waals surface area contributed by atoms with E-state index in [1.807, 2.05) is 0 Å². The van der Waals surface area contributed by atoms with Crippen molar-refractivity contribution in [3.8, 4) is 6.07 Å². The molecule has 0 unspecified atom stereocenters. The van der Waals surface area contributed by atoms with Gasteiger partial charge in [0.1, 0.15) is 11.0 Å². The smallest absolute Gasteiger partial charge is 0.207 e. The Morgan fingerprint density at radius 1 is 1.33 bits per heavy atom. The third-order valence-electron chi connectivity index (χ3n) is 1.66. The van der Waals surface area contributed by atoms with Crippen LogP contribution in [0.3, 0.4) is 0 Å². The van der Waals surface area contributed by atoms with Gasteiger partial charge in [-0.1, -0.05) is 0 Å². The van der Waals surface area contributed by atoms with Gasteiger partial charge in [0.2, 0.25) is 0 Å². The Morgan fingerprint density at radius 2 is 1.89 bits per heavy atom. The SMILES string of the molecule is N#Cc1ccc(S(=O)(=O)Cl)c(F)c1SC(F)(F)F. The van der Waals surface area contributed by atoms with Crippen molar-refractivity contribution < 1.29 is 26.0 Å². The van der Waals surface area contributed by atoms with Crippen LogP contribution in [0.1, 0.15) is 5.56 Å². The molecule has 3 nitrogen and oxygen atoms in total. The molecule has 0 amide bonds. The lowest BCUT2D eigenvalue weighted by Crippen LogP contribution is -2.05. The zero-order valence-electron chi connectivity index (χ0n) is 8.12. The maximum atomic E-state index is 13.6. The predicted octanol–water partition coefficient (Wildman–Crippen LogP) is 3.24. The number of halogens is 5. The zero-order chi connectivity index (χ0) is 14.1. The Labute approximate surface area is 108 Å². The molecule has 1 rings (SSSR count). The number of alkyl halides is 3. The van der Waals surface area contributed by atoms with E-state index in [4.69, 9.17) is 15.9 Å². The maximum Gasteiger partial charge on any atom is 0.446 e. The molecule has 0 aliphatic rings. The first kappa shape index (κ1) is 15.1. The van der Waals surface area contributed by atoms with Gasteiger partial charge in [-0.15, -0.1) is 0 Å². The number of hydrogen-bond acceptors (Lipinski definition) is 4. The molecule has 0 radical (unpaired) electrons. The van der Waals surface area contributed by atoms with Gasteiger partial charge in [0.05, 0.1) is 10.5 Å². The van der Waals surface area contributed by atoms with Crippen molar-refractivity contribution in [2.24, 2.45) is 0 Å². The summed E-state index contributed by atoms with van der Waals surface area (Å²) < 4.78 is 72.0. The summed E-state index contributed by atoms with van der Waals surface area (Å²) in [5.41, 5.74) is -5.49. The summed E-state index contributed by atoms with van der Waals surface area (Å²) in [5.74, 6) is -1.69. The molecule has 0 bridgehead atoms. The van der Waals surface area contributed by atoms with Gasteiger partial charge in [-0.05, 0) is 23.9 Å². The third-order valence-corrected chi connectivity index (χ3v) is 3.84. The Balaban J connectivity index is 3.53. The summed E-state index contributed by atoms with van der Waals surface area (Å²) in [7, 11) is 0.332. The molecule has 0 fully saturated rings. The highest BCUT2D eigenvalue weighted by Crippen LogP contribution is 2.41. The fraction of sp³-hybridized carbons (Fsp3) is 0.125. The third kappa shape index (κ3) is 3.51. The van der Waals surface area contributed by atoms with Gasteiger partial charge in [-0.25, -0.2) is 12.8 Å². The standard InChI is InChI=1S/C8H2ClF4NO2S2/c9-18(15,16)5-2-1-4(3-14)7(6(5)10)17-8(11,12)13/h1-2H. The fourth-order valence-electron chi connectivity index (χ4n) is 1.03. The molecule has 1 aromatic carbocycles. The van der Waals surface area contributed by atoms with Crippen LogP contribution >= 0.6 is 22.4 Å². The lowest BCUT2D eigenvalue weighted by molar-refractivity contribution is -0.0329. The van der Waals surface area contributed by atoms with Crippen LogP contribution in [0, 0.1) is 17.1 Å². The molecule has 10 heteroatoms. The summed E-state index contributed by atoms with van der Waals surface area (Å²) in [6, 6.07) is 2.73. The minimum absolute atomic E-state index is 0.626. The van der Waals surface area contributed by atoms with E-state index in [0.717, 1.165) is 6.07 Å². The molecule has 98 valence electrons. The molecule has 1 aromatic rings. The summed E-state index contributed by atoms with van der Waals surface area (Å²) in [6.45, 7) is 0. The van der Waals surface area contributed by atoms with Crippen LogP contribution in [0.2, 0.25) is 0 Å². The molecule has 0 atom stereocenters. The average molecular weight is 320 g/mol. The first-order valence-electron chi connectivity index (χ1n) is 3.99. The van der Waals surface area contributed by atoms with Crippen molar-refractivity contribution in [1.29, 1.82) is 5.26 Å². The second kappa shape index (κ2) is 4.95. The number of rotatable bonds is 2. The zero-order valence-corrected chi connectivity index (χ0v) is 10.5. The van der Waals surface area contributed by atoms with Crippen LogP contribution < -0.4 is 0 Å². The van der Waals surface area contributed by atoms with E-state index in [-0.39, 0.29) is 0 Å². The van der Waals surface area contributed by atoms with Crippen molar-refractivity contribution in [2.45, 2.75) is 15.3 Å². The molecule has 0 heterocycles. The Morgan fingerprint density at radius 3 is 2.28 bits per heavy atom. The largest absolute Gasteiger partial charge is 0.446 e. The van der Waals surface area contributed by atoms with Crippen molar-refractivity contribution in [1.82, 2.24) is 0 Å². The molecule has 0 spiro atoms. The highest BCUT2D eigenvalue weighted by Gasteiger charge is 2.34. The second-order valence-corrected chi connectivity index (χ2v) is 6.46. The minimum atomic E-state index is -4.86. The maximum absolute atomic E-state index is 13.6. The van der Waals surface area contributed by atoms with Gasteiger partial charge in [-0.2, -0.15) is 18.4 Å². The summed E-state index contributed by atoms with van der Waals surface area (Å²) in [6.07, 6.45) is 0. The van der Waals surface area contributed by atoms with Crippen LogP contribution in [0.25, 0.3) is 0 Å². The van der Waals surface area contributed by atoms with E-state index in [1.165, 1.54) is 6.07 Å². The van der Waals surface area contributed by atoms with Crippen LogP contribution in [-0.2, 0) is 9.05 Å². The van der Waals surface area contributed by atoms with Crippen LogP contribution in [0.5, 0.6) is 0 Å². The Kier molecular flexibility index (Phi) is 4.15. The first-order valence-corrected chi connectivity index (χ1v) is 7.12. The van der Waals surface area contributed by atoms with E-state index >= 15 is 0 Å². The summed E-state index contributed by atoms with van der Waals surface area (Å²) in [5, 5.41) is 8.55. The van der Waals surface area contributed by atoms with Crippen molar-refractivity contribution in [3.63, 3.8) is 0 Å². The molecule has 18 heavy (non-hydrogen) atoms. The monoisotopic (exact) mass is 319 g/mol. The summed E-state index contributed by atoms with van der Waals surface area (Å²) in [4.78, 5) is -2.22. The van der Waals surface area contributed by atoms with E-state index in [0.29, 0.717) is 6.07 Å². The van der Waals surface area contributed by atoms with E-state index in [9.17, 15) is 26.0 Å². The van der Waals surface area contributed by atoms with Crippen molar-refractivity contribution >= 4 is 31.5 Å². The molecule has 0 saturated heterocycles. The van der Waals surface area contributed by atoms with Gasteiger partial charge < -0.3 is 0 Å². The highest BCUT2D eigenvalue weighted by atomic mass is 35.7. The Hall–Kier alpha value is -0.980.